The molecule has 34 heavy (non-hydrogen) atoms. The summed E-state index contributed by atoms with van der Waals surface area (Å²) in [5, 5.41) is 0. The molecule has 1 aliphatic heterocycles. The first-order valence-electron chi connectivity index (χ1n) is 13.1. The van der Waals surface area contributed by atoms with Crippen LogP contribution < -0.4 is 4.90 Å². The van der Waals surface area contributed by atoms with Crippen LogP contribution in [0.4, 0.5) is 5.69 Å². The highest BCUT2D eigenvalue weighted by Crippen LogP contribution is 2.48. The van der Waals surface area contributed by atoms with Crippen molar-refractivity contribution in [3.05, 3.63) is 21.9 Å². The van der Waals surface area contributed by atoms with Crippen LogP contribution >= 0.6 is 15.9 Å². The van der Waals surface area contributed by atoms with Crippen LogP contribution in [0.3, 0.4) is 0 Å². The SMILES string of the molecule is CCC(C)(C)O[C@H](C(=O)OC(C)C)c1c(C)ncc(Br)c1N1CCC(C)(CC2CCC2C)CC1. The number of hydrogen-bond acceptors (Lipinski definition) is 5. The Bertz CT molecular complexity index is 861. The Morgan fingerprint density at radius 2 is 1.94 bits per heavy atom. The van der Waals surface area contributed by atoms with Crippen LogP contribution in [-0.4, -0.2) is 35.7 Å². The number of carbonyl (C=O) groups is 1. The van der Waals surface area contributed by atoms with Crippen molar-refractivity contribution in [3.63, 3.8) is 0 Å². The summed E-state index contributed by atoms with van der Waals surface area (Å²) in [4.78, 5) is 20.4. The molecule has 1 aliphatic carbocycles. The van der Waals surface area contributed by atoms with Crippen molar-refractivity contribution in [3.8, 4) is 0 Å². The molecule has 0 N–H and O–H groups in total. The minimum absolute atomic E-state index is 0.211. The Hall–Kier alpha value is -1.14. The van der Waals surface area contributed by atoms with Gasteiger partial charge in [-0.05, 0) is 99.9 Å². The quantitative estimate of drug-likeness (QED) is 0.308. The van der Waals surface area contributed by atoms with Gasteiger partial charge >= 0.3 is 5.97 Å². The maximum absolute atomic E-state index is 13.3. The molecule has 2 unspecified atom stereocenters. The fourth-order valence-corrected chi connectivity index (χ4v) is 5.85. The molecule has 2 fully saturated rings. The van der Waals surface area contributed by atoms with E-state index < -0.39 is 11.7 Å². The van der Waals surface area contributed by atoms with E-state index in [2.05, 4.69) is 46.6 Å². The number of esters is 1. The van der Waals surface area contributed by atoms with Crippen LogP contribution in [0.15, 0.2) is 10.7 Å². The summed E-state index contributed by atoms with van der Waals surface area (Å²) < 4.78 is 13.1. The van der Waals surface area contributed by atoms with E-state index >= 15 is 0 Å². The number of rotatable bonds is 9. The third-order valence-corrected chi connectivity index (χ3v) is 8.78. The van der Waals surface area contributed by atoms with Crippen molar-refractivity contribution in [2.24, 2.45) is 17.3 Å². The molecule has 0 aromatic carbocycles. The molecular weight excluding hydrogens is 492 g/mol. The Balaban J connectivity index is 1.91. The van der Waals surface area contributed by atoms with Gasteiger partial charge in [-0.3, -0.25) is 4.98 Å². The largest absolute Gasteiger partial charge is 0.461 e. The molecule has 3 rings (SSSR count). The maximum atomic E-state index is 13.3. The van der Waals surface area contributed by atoms with Gasteiger partial charge in [-0.25, -0.2) is 4.79 Å². The fraction of sp³-hybridized carbons (Fsp3) is 0.786. The number of hydrogen-bond donors (Lipinski definition) is 0. The van der Waals surface area contributed by atoms with Crippen molar-refractivity contribution in [1.82, 2.24) is 4.98 Å². The van der Waals surface area contributed by atoms with E-state index in [1.54, 1.807) is 0 Å². The van der Waals surface area contributed by atoms with Gasteiger partial charge in [-0.2, -0.15) is 0 Å². The number of piperidine rings is 1. The molecule has 0 spiro atoms. The number of aromatic nitrogens is 1. The summed E-state index contributed by atoms with van der Waals surface area (Å²) in [6.45, 7) is 18.7. The molecule has 2 heterocycles. The van der Waals surface area contributed by atoms with E-state index in [0.29, 0.717) is 5.41 Å². The molecule has 3 atom stereocenters. The van der Waals surface area contributed by atoms with Gasteiger partial charge in [0.1, 0.15) is 0 Å². The predicted molar refractivity (Wildman–Crippen MR) is 142 cm³/mol. The van der Waals surface area contributed by atoms with E-state index in [4.69, 9.17) is 9.47 Å². The molecule has 0 amide bonds. The van der Waals surface area contributed by atoms with Gasteiger partial charge in [0.2, 0.25) is 0 Å². The number of pyridine rings is 1. The third kappa shape index (κ3) is 6.34. The summed E-state index contributed by atoms with van der Waals surface area (Å²) in [5.41, 5.74) is 2.60. The van der Waals surface area contributed by atoms with Crippen LogP contribution in [0.25, 0.3) is 0 Å². The normalized spacial score (nSPS) is 23.5. The molecule has 1 aromatic rings. The Morgan fingerprint density at radius 3 is 2.44 bits per heavy atom. The topological polar surface area (TPSA) is 51.7 Å². The maximum Gasteiger partial charge on any atom is 0.340 e. The molecular formula is C28H45BrN2O3. The second-order valence-corrected chi connectivity index (χ2v) is 12.7. The van der Waals surface area contributed by atoms with E-state index in [9.17, 15) is 4.79 Å². The number of halogens is 1. The monoisotopic (exact) mass is 536 g/mol. The second-order valence-electron chi connectivity index (χ2n) is 11.9. The lowest BCUT2D eigenvalue weighted by molar-refractivity contribution is -0.172. The fourth-order valence-electron chi connectivity index (χ4n) is 5.29. The molecule has 1 aromatic heterocycles. The van der Waals surface area contributed by atoms with Crippen molar-refractivity contribution in [1.29, 1.82) is 0 Å². The van der Waals surface area contributed by atoms with Crippen molar-refractivity contribution >= 4 is 27.6 Å². The smallest absolute Gasteiger partial charge is 0.340 e. The van der Waals surface area contributed by atoms with E-state index in [1.165, 1.54) is 19.3 Å². The summed E-state index contributed by atoms with van der Waals surface area (Å²) in [5.74, 6) is 1.42. The molecule has 1 saturated heterocycles. The van der Waals surface area contributed by atoms with Gasteiger partial charge in [0.05, 0.1) is 21.9 Å². The average Bonchev–Trinajstić information content (AvgIpc) is 2.77. The first-order chi connectivity index (χ1) is 15.9. The average molecular weight is 538 g/mol. The van der Waals surface area contributed by atoms with Gasteiger partial charge in [-0.1, -0.05) is 27.2 Å². The first-order valence-corrected chi connectivity index (χ1v) is 13.9. The van der Waals surface area contributed by atoms with Crippen LogP contribution in [0, 0.1) is 24.2 Å². The highest BCUT2D eigenvalue weighted by molar-refractivity contribution is 9.10. The zero-order valence-corrected chi connectivity index (χ0v) is 24.1. The number of carbonyl (C=O) groups excluding carboxylic acids is 1. The summed E-state index contributed by atoms with van der Waals surface area (Å²) >= 11 is 3.77. The van der Waals surface area contributed by atoms with E-state index in [1.807, 2.05) is 40.8 Å². The minimum Gasteiger partial charge on any atom is -0.461 e. The Morgan fingerprint density at radius 1 is 1.29 bits per heavy atom. The van der Waals surface area contributed by atoms with Crippen molar-refractivity contribution in [2.45, 2.75) is 112 Å². The van der Waals surface area contributed by atoms with Crippen LogP contribution in [0.2, 0.25) is 0 Å². The molecule has 2 aliphatic rings. The Labute approximate surface area is 215 Å². The van der Waals surface area contributed by atoms with Crippen molar-refractivity contribution < 1.29 is 14.3 Å². The van der Waals surface area contributed by atoms with Crippen molar-refractivity contribution in [2.75, 3.05) is 18.0 Å². The van der Waals surface area contributed by atoms with E-state index in [0.717, 1.165) is 65.6 Å². The highest BCUT2D eigenvalue weighted by Gasteiger charge is 2.40. The molecule has 6 heteroatoms. The lowest BCUT2D eigenvalue weighted by atomic mass is 9.64. The van der Waals surface area contributed by atoms with Gasteiger partial charge in [-0.15, -0.1) is 0 Å². The minimum atomic E-state index is -0.818. The second kappa shape index (κ2) is 10.9. The van der Waals surface area contributed by atoms with Gasteiger partial charge < -0.3 is 14.4 Å². The zero-order valence-electron chi connectivity index (χ0n) is 22.5. The van der Waals surface area contributed by atoms with E-state index in [-0.39, 0.29) is 12.1 Å². The molecule has 1 saturated carbocycles. The third-order valence-electron chi connectivity index (χ3n) is 8.20. The highest BCUT2D eigenvalue weighted by atomic mass is 79.9. The summed E-state index contributed by atoms with van der Waals surface area (Å²) in [6.07, 6.45) is 8.05. The molecule has 0 radical (unpaired) electrons. The zero-order chi connectivity index (χ0) is 25.3. The van der Waals surface area contributed by atoms with Gasteiger partial charge in [0.25, 0.3) is 0 Å². The Kier molecular flexibility index (Phi) is 8.77. The molecule has 5 nitrogen and oxygen atoms in total. The number of anilines is 1. The summed E-state index contributed by atoms with van der Waals surface area (Å²) in [7, 11) is 0. The first kappa shape index (κ1) is 27.4. The summed E-state index contributed by atoms with van der Waals surface area (Å²) in [6, 6.07) is 0. The van der Waals surface area contributed by atoms with Crippen LogP contribution in [-0.2, 0) is 14.3 Å². The van der Waals surface area contributed by atoms with Gasteiger partial charge in [0.15, 0.2) is 6.10 Å². The number of nitrogens with zero attached hydrogens (tertiary/aromatic N) is 2. The molecule has 192 valence electrons. The number of ether oxygens (including phenoxy) is 2. The number of aryl methyl sites for hydroxylation is 1. The van der Waals surface area contributed by atoms with Crippen LogP contribution in [0.5, 0.6) is 0 Å². The molecule has 0 bridgehead atoms. The van der Waals surface area contributed by atoms with Crippen LogP contribution in [0.1, 0.15) is 104 Å². The standard InChI is InChI=1S/C28H45BrN2O3/c1-9-27(6,7)34-25(26(32)33-18(2)3)23-20(5)30-17-22(29)24(23)31-14-12-28(8,13-15-31)16-21-11-10-19(21)4/h17-19,21,25H,9-16H2,1-8H3/t19?,21?,25-/m0/s1. The lowest BCUT2D eigenvalue weighted by Gasteiger charge is -2.46. The lowest BCUT2D eigenvalue weighted by Crippen LogP contribution is -2.42. The van der Waals surface area contributed by atoms with Gasteiger partial charge in [0, 0.05) is 30.5 Å². The predicted octanol–water partition coefficient (Wildman–Crippen LogP) is 7.39.